The normalized spacial score (nSPS) is 14.5. The van der Waals surface area contributed by atoms with Crippen molar-refractivity contribution in [2.45, 2.75) is 32.8 Å². The highest BCUT2D eigenvalue weighted by molar-refractivity contribution is 5.82. The first-order valence-corrected chi connectivity index (χ1v) is 9.89. The summed E-state index contributed by atoms with van der Waals surface area (Å²) in [5, 5.41) is 10.9. The summed E-state index contributed by atoms with van der Waals surface area (Å²) < 4.78 is 11.3. The van der Waals surface area contributed by atoms with Crippen molar-refractivity contribution in [2.24, 2.45) is 0 Å². The van der Waals surface area contributed by atoms with E-state index in [-0.39, 0.29) is 11.5 Å². The van der Waals surface area contributed by atoms with Crippen molar-refractivity contribution in [3.63, 3.8) is 0 Å². The van der Waals surface area contributed by atoms with E-state index in [4.69, 9.17) is 9.15 Å². The highest BCUT2D eigenvalue weighted by Gasteiger charge is 2.17. The van der Waals surface area contributed by atoms with Gasteiger partial charge in [-0.15, -0.1) is 0 Å². The van der Waals surface area contributed by atoms with E-state index in [1.54, 1.807) is 12.1 Å². The second-order valence-corrected chi connectivity index (χ2v) is 7.17. The molecule has 2 aromatic carbocycles. The molecule has 146 valence electrons. The molecule has 5 heteroatoms. The van der Waals surface area contributed by atoms with Crippen LogP contribution in [-0.2, 0) is 11.3 Å². The van der Waals surface area contributed by atoms with Crippen molar-refractivity contribution in [3.05, 3.63) is 58.3 Å². The quantitative estimate of drug-likeness (QED) is 0.697. The van der Waals surface area contributed by atoms with E-state index in [1.165, 1.54) is 19.3 Å². The fourth-order valence-corrected chi connectivity index (χ4v) is 3.71. The van der Waals surface area contributed by atoms with Gasteiger partial charge in [0.2, 0.25) is 11.2 Å². The number of nitrogens with zero attached hydrogens (tertiary/aromatic N) is 1. The van der Waals surface area contributed by atoms with E-state index < -0.39 is 5.43 Å². The van der Waals surface area contributed by atoms with Gasteiger partial charge < -0.3 is 19.2 Å². The molecule has 5 nitrogen and oxygen atoms in total. The highest BCUT2D eigenvalue weighted by atomic mass is 16.5. The molecule has 0 bridgehead atoms. The lowest BCUT2D eigenvalue weighted by Crippen LogP contribution is -2.29. The average molecular weight is 379 g/mol. The molecule has 0 amide bonds. The number of anilines is 1. The maximum Gasteiger partial charge on any atom is 0.235 e. The maximum atomic E-state index is 12.7. The molecule has 28 heavy (non-hydrogen) atoms. The molecule has 0 aliphatic carbocycles. The van der Waals surface area contributed by atoms with Crippen molar-refractivity contribution >= 4 is 16.7 Å². The SMILES string of the molecule is CCOCc1ccc2oc(-c3ccc(N4CCCCC4)cc3)c(O)c(=O)c2c1. The number of benzene rings is 2. The smallest absolute Gasteiger partial charge is 0.235 e. The molecule has 0 radical (unpaired) electrons. The molecular weight excluding hydrogens is 354 g/mol. The van der Waals surface area contributed by atoms with E-state index in [2.05, 4.69) is 4.90 Å². The highest BCUT2D eigenvalue weighted by Crippen LogP contribution is 2.32. The molecule has 4 rings (SSSR count). The fourth-order valence-electron chi connectivity index (χ4n) is 3.71. The summed E-state index contributed by atoms with van der Waals surface area (Å²) in [6.07, 6.45) is 3.72. The molecule has 2 heterocycles. The summed E-state index contributed by atoms with van der Waals surface area (Å²) in [5.41, 5.74) is 2.76. The van der Waals surface area contributed by atoms with Crippen LogP contribution in [0.4, 0.5) is 5.69 Å². The summed E-state index contributed by atoms with van der Waals surface area (Å²) in [6, 6.07) is 13.2. The van der Waals surface area contributed by atoms with Gasteiger partial charge in [0, 0.05) is 30.9 Å². The van der Waals surface area contributed by atoms with E-state index in [1.807, 2.05) is 37.3 Å². The Bertz CT molecular complexity index is 1020. The Kier molecular flexibility index (Phi) is 5.35. The van der Waals surface area contributed by atoms with E-state index in [9.17, 15) is 9.90 Å². The predicted molar refractivity (Wildman–Crippen MR) is 111 cm³/mol. The van der Waals surface area contributed by atoms with Crippen LogP contribution in [0, 0.1) is 0 Å². The van der Waals surface area contributed by atoms with Crippen LogP contribution in [0.5, 0.6) is 5.75 Å². The van der Waals surface area contributed by atoms with Crippen molar-refractivity contribution in [2.75, 3.05) is 24.6 Å². The minimum Gasteiger partial charge on any atom is -0.502 e. The molecule has 1 aliphatic heterocycles. The second-order valence-electron chi connectivity index (χ2n) is 7.17. The number of hydrogen-bond donors (Lipinski definition) is 1. The lowest BCUT2D eigenvalue weighted by molar-refractivity contribution is 0.134. The van der Waals surface area contributed by atoms with Crippen LogP contribution in [0.3, 0.4) is 0 Å². The molecule has 0 unspecified atom stereocenters. The van der Waals surface area contributed by atoms with Crippen LogP contribution in [0.2, 0.25) is 0 Å². The largest absolute Gasteiger partial charge is 0.502 e. The number of rotatable bonds is 5. The molecular formula is C23H25NO4. The van der Waals surface area contributed by atoms with Crippen molar-refractivity contribution in [1.29, 1.82) is 0 Å². The van der Waals surface area contributed by atoms with E-state index in [0.717, 1.165) is 24.3 Å². The van der Waals surface area contributed by atoms with Gasteiger partial charge in [-0.3, -0.25) is 4.79 Å². The summed E-state index contributed by atoms with van der Waals surface area (Å²) >= 11 is 0. The Morgan fingerprint density at radius 1 is 1.07 bits per heavy atom. The molecule has 1 N–H and O–H groups in total. The van der Waals surface area contributed by atoms with Gasteiger partial charge in [0.15, 0.2) is 5.76 Å². The van der Waals surface area contributed by atoms with Gasteiger partial charge >= 0.3 is 0 Å². The Balaban J connectivity index is 1.68. The molecule has 0 spiro atoms. The van der Waals surface area contributed by atoms with Crippen LogP contribution in [-0.4, -0.2) is 24.8 Å². The lowest BCUT2D eigenvalue weighted by Gasteiger charge is -2.28. The number of piperidine rings is 1. The Morgan fingerprint density at radius 3 is 2.54 bits per heavy atom. The molecule has 0 saturated carbocycles. The number of ether oxygens (including phenoxy) is 1. The van der Waals surface area contributed by atoms with Gasteiger partial charge in [-0.05, 0) is 68.1 Å². The minimum absolute atomic E-state index is 0.209. The van der Waals surface area contributed by atoms with Crippen LogP contribution >= 0.6 is 0 Å². The van der Waals surface area contributed by atoms with E-state index >= 15 is 0 Å². The predicted octanol–water partition coefficient (Wildman–Crippen LogP) is 4.69. The van der Waals surface area contributed by atoms with Crippen molar-refractivity contribution in [3.8, 4) is 17.1 Å². The van der Waals surface area contributed by atoms with Gasteiger partial charge in [-0.2, -0.15) is 0 Å². The lowest BCUT2D eigenvalue weighted by atomic mass is 10.1. The topological polar surface area (TPSA) is 62.9 Å². The number of aromatic hydroxyl groups is 1. The third-order valence-corrected chi connectivity index (χ3v) is 5.25. The second kappa shape index (κ2) is 8.07. The summed E-state index contributed by atoms with van der Waals surface area (Å²) in [6.45, 7) is 5.08. The Morgan fingerprint density at radius 2 is 1.82 bits per heavy atom. The number of hydrogen-bond acceptors (Lipinski definition) is 5. The minimum atomic E-state index is -0.422. The van der Waals surface area contributed by atoms with Crippen molar-refractivity contribution < 1.29 is 14.3 Å². The third kappa shape index (κ3) is 3.62. The van der Waals surface area contributed by atoms with Crippen LogP contribution < -0.4 is 10.3 Å². The van der Waals surface area contributed by atoms with Gasteiger partial charge in [0.1, 0.15) is 5.58 Å². The number of fused-ring (bicyclic) bond motifs is 1. The summed E-state index contributed by atoms with van der Waals surface area (Å²) in [4.78, 5) is 15.1. The van der Waals surface area contributed by atoms with Gasteiger partial charge in [0.05, 0.1) is 12.0 Å². The molecule has 1 aliphatic rings. The van der Waals surface area contributed by atoms with Crippen molar-refractivity contribution in [1.82, 2.24) is 0 Å². The Labute approximate surface area is 164 Å². The monoisotopic (exact) mass is 379 g/mol. The zero-order chi connectivity index (χ0) is 19.5. The fraction of sp³-hybridized carbons (Fsp3) is 0.348. The first-order valence-electron chi connectivity index (χ1n) is 9.89. The first kappa shape index (κ1) is 18.6. The van der Waals surface area contributed by atoms with Crippen LogP contribution in [0.25, 0.3) is 22.3 Å². The zero-order valence-electron chi connectivity index (χ0n) is 16.1. The van der Waals surface area contributed by atoms with Crippen LogP contribution in [0.1, 0.15) is 31.7 Å². The van der Waals surface area contributed by atoms with Gasteiger partial charge in [-0.1, -0.05) is 6.07 Å². The average Bonchev–Trinajstić information content (AvgIpc) is 2.75. The molecule has 1 saturated heterocycles. The standard InChI is InChI=1S/C23H25NO4/c1-2-27-15-16-6-11-20-19(14-16)21(25)22(26)23(28-20)17-7-9-18(10-8-17)24-12-4-3-5-13-24/h6-11,14,26H,2-5,12-13,15H2,1H3. The summed E-state index contributed by atoms with van der Waals surface area (Å²) in [5.74, 6) is -0.146. The summed E-state index contributed by atoms with van der Waals surface area (Å²) in [7, 11) is 0. The Hall–Kier alpha value is -2.79. The van der Waals surface area contributed by atoms with Gasteiger partial charge in [-0.25, -0.2) is 0 Å². The van der Waals surface area contributed by atoms with Crippen LogP contribution in [0.15, 0.2) is 51.7 Å². The first-order chi connectivity index (χ1) is 13.7. The molecule has 1 aromatic heterocycles. The molecule has 0 atom stereocenters. The van der Waals surface area contributed by atoms with Gasteiger partial charge in [0.25, 0.3) is 0 Å². The molecule has 3 aromatic rings. The third-order valence-electron chi connectivity index (χ3n) is 5.25. The molecule has 1 fully saturated rings. The van der Waals surface area contributed by atoms with E-state index in [0.29, 0.717) is 29.7 Å². The maximum absolute atomic E-state index is 12.7. The zero-order valence-corrected chi connectivity index (χ0v) is 16.1.